The van der Waals surface area contributed by atoms with Gasteiger partial charge in [0.05, 0.1) is 6.61 Å². The highest BCUT2D eigenvalue weighted by molar-refractivity contribution is 5.51. The predicted molar refractivity (Wildman–Crippen MR) is 67.0 cm³/mol. The van der Waals surface area contributed by atoms with Crippen molar-refractivity contribution in [1.82, 2.24) is 4.98 Å². The summed E-state index contributed by atoms with van der Waals surface area (Å²) in [5.74, 6) is 0.688. The number of pyridine rings is 1. The summed E-state index contributed by atoms with van der Waals surface area (Å²) in [5, 5.41) is 9.29. The molecule has 17 heavy (non-hydrogen) atoms. The molecule has 0 saturated carbocycles. The van der Waals surface area contributed by atoms with E-state index in [1.54, 1.807) is 12.4 Å². The first-order chi connectivity index (χ1) is 8.31. The third-order valence-electron chi connectivity index (χ3n) is 3.33. The van der Waals surface area contributed by atoms with Crippen LogP contribution in [0.2, 0.25) is 0 Å². The smallest absolute Gasteiger partial charge is 0.0717 e. The van der Waals surface area contributed by atoms with E-state index in [2.05, 4.69) is 16.9 Å². The van der Waals surface area contributed by atoms with Crippen LogP contribution < -0.4 is 4.90 Å². The van der Waals surface area contributed by atoms with Gasteiger partial charge in [0.2, 0.25) is 0 Å². The average Bonchev–Trinajstić information content (AvgIpc) is 2.40. The topological polar surface area (TPSA) is 45.6 Å². The lowest BCUT2D eigenvalue weighted by atomic mass is 9.99. The van der Waals surface area contributed by atoms with Gasteiger partial charge in [-0.15, -0.1) is 0 Å². The Balaban J connectivity index is 2.00. The summed E-state index contributed by atoms with van der Waals surface area (Å²) in [6.45, 7) is 2.81. The number of aromatic nitrogens is 1. The van der Waals surface area contributed by atoms with Crippen LogP contribution in [0.1, 0.15) is 18.4 Å². The average molecular weight is 236 g/mol. The Labute approximate surface area is 102 Å². The molecule has 0 unspecified atom stereocenters. The number of hydrogen-bond donors (Lipinski definition) is 1. The number of aliphatic hydroxyl groups excluding tert-OH is 1. The van der Waals surface area contributed by atoms with E-state index in [0.29, 0.717) is 5.92 Å². The molecule has 1 fully saturated rings. The number of hydrogen-bond acceptors (Lipinski definition) is 4. The second-order valence-electron chi connectivity index (χ2n) is 4.60. The third kappa shape index (κ3) is 3.17. The number of anilines is 1. The highest BCUT2D eigenvalue weighted by atomic mass is 16.5. The molecule has 1 aliphatic heterocycles. The lowest BCUT2D eigenvalue weighted by Crippen LogP contribution is -2.30. The first-order valence-electron chi connectivity index (χ1n) is 6.14. The van der Waals surface area contributed by atoms with Crippen LogP contribution in [0, 0.1) is 5.92 Å². The molecule has 0 aromatic carbocycles. The molecule has 4 heteroatoms. The van der Waals surface area contributed by atoms with Gasteiger partial charge in [-0.25, -0.2) is 0 Å². The molecule has 0 bridgehead atoms. The summed E-state index contributed by atoms with van der Waals surface area (Å²) in [6.07, 6.45) is 5.76. The fraction of sp³-hybridized carbons (Fsp3) is 0.615. The molecule has 4 nitrogen and oxygen atoms in total. The van der Waals surface area contributed by atoms with Crippen LogP contribution in [0.15, 0.2) is 18.5 Å². The van der Waals surface area contributed by atoms with E-state index in [-0.39, 0.29) is 6.61 Å². The molecule has 1 saturated heterocycles. The molecule has 0 amide bonds. The highest BCUT2D eigenvalue weighted by Gasteiger charge is 2.17. The molecule has 1 N–H and O–H groups in total. The van der Waals surface area contributed by atoms with Gasteiger partial charge in [0.25, 0.3) is 0 Å². The second kappa shape index (κ2) is 5.98. The minimum atomic E-state index is 0.0429. The van der Waals surface area contributed by atoms with E-state index in [9.17, 15) is 5.11 Å². The molecule has 0 atom stereocenters. The molecule has 1 aromatic heterocycles. The van der Waals surface area contributed by atoms with Crippen molar-refractivity contribution in [3.05, 3.63) is 24.0 Å². The zero-order chi connectivity index (χ0) is 12.1. The van der Waals surface area contributed by atoms with Crippen molar-refractivity contribution in [3.63, 3.8) is 0 Å². The third-order valence-corrected chi connectivity index (χ3v) is 3.33. The van der Waals surface area contributed by atoms with Gasteiger partial charge in [-0.3, -0.25) is 4.98 Å². The Kier molecular flexibility index (Phi) is 4.34. The molecular weight excluding hydrogens is 216 g/mol. The van der Waals surface area contributed by atoms with Gasteiger partial charge in [0, 0.05) is 50.5 Å². The van der Waals surface area contributed by atoms with Gasteiger partial charge < -0.3 is 14.7 Å². The molecule has 1 aromatic rings. The Morgan fingerprint density at radius 3 is 2.94 bits per heavy atom. The maximum Gasteiger partial charge on any atom is 0.0717 e. The first kappa shape index (κ1) is 12.3. The maximum atomic E-state index is 9.29. The zero-order valence-electron chi connectivity index (χ0n) is 10.3. The quantitative estimate of drug-likeness (QED) is 0.859. The highest BCUT2D eigenvalue weighted by Crippen LogP contribution is 2.22. The minimum Gasteiger partial charge on any atom is -0.392 e. The van der Waals surface area contributed by atoms with E-state index in [0.717, 1.165) is 43.9 Å². The van der Waals surface area contributed by atoms with Crippen LogP contribution in [-0.2, 0) is 11.3 Å². The lowest BCUT2D eigenvalue weighted by molar-refractivity contribution is 0.0685. The van der Waals surface area contributed by atoms with Crippen LogP contribution in [0.5, 0.6) is 0 Å². The second-order valence-corrected chi connectivity index (χ2v) is 4.60. The molecular formula is C13H20N2O2. The molecule has 2 heterocycles. The fourth-order valence-electron chi connectivity index (χ4n) is 2.33. The van der Waals surface area contributed by atoms with Gasteiger partial charge in [-0.2, -0.15) is 0 Å². The van der Waals surface area contributed by atoms with Crippen molar-refractivity contribution < 1.29 is 9.84 Å². The maximum absolute atomic E-state index is 9.29. The van der Waals surface area contributed by atoms with Crippen molar-refractivity contribution in [2.75, 3.05) is 31.7 Å². The van der Waals surface area contributed by atoms with Crippen LogP contribution in [-0.4, -0.2) is 36.9 Å². The van der Waals surface area contributed by atoms with Crippen LogP contribution in [0.4, 0.5) is 5.69 Å². The SMILES string of the molecule is CN(CC1CCOCC1)c1ccncc1CO. The summed E-state index contributed by atoms with van der Waals surface area (Å²) in [7, 11) is 2.07. The zero-order valence-corrected chi connectivity index (χ0v) is 10.3. The van der Waals surface area contributed by atoms with Crippen LogP contribution >= 0.6 is 0 Å². The Morgan fingerprint density at radius 1 is 1.47 bits per heavy atom. The van der Waals surface area contributed by atoms with Crippen molar-refractivity contribution in [2.45, 2.75) is 19.4 Å². The molecule has 94 valence electrons. The molecule has 1 aliphatic rings. The van der Waals surface area contributed by atoms with E-state index < -0.39 is 0 Å². The van der Waals surface area contributed by atoms with Gasteiger partial charge in [0.15, 0.2) is 0 Å². The summed E-state index contributed by atoms with van der Waals surface area (Å²) in [4.78, 5) is 6.25. The summed E-state index contributed by atoms with van der Waals surface area (Å²) in [6, 6.07) is 1.96. The van der Waals surface area contributed by atoms with E-state index in [1.165, 1.54) is 0 Å². The Morgan fingerprint density at radius 2 is 2.24 bits per heavy atom. The van der Waals surface area contributed by atoms with Gasteiger partial charge in [-0.1, -0.05) is 0 Å². The van der Waals surface area contributed by atoms with Gasteiger partial charge in [0.1, 0.15) is 0 Å². The Bertz CT molecular complexity index is 351. The molecule has 2 rings (SSSR count). The largest absolute Gasteiger partial charge is 0.392 e. The normalized spacial score (nSPS) is 17.1. The molecule has 0 spiro atoms. The monoisotopic (exact) mass is 236 g/mol. The minimum absolute atomic E-state index is 0.0429. The van der Waals surface area contributed by atoms with Crippen molar-refractivity contribution in [2.24, 2.45) is 5.92 Å². The van der Waals surface area contributed by atoms with E-state index in [4.69, 9.17) is 4.74 Å². The van der Waals surface area contributed by atoms with Gasteiger partial charge >= 0.3 is 0 Å². The number of rotatable bonds is 4. The van der Waals surface area contributed by atoms with Crippen molar-refractivity contribution in [1.29, 1.82) is 0 Å². The summed E-state index contributed by atoms with van der Waals surface area (Å²) >= 11 is 0. The molecule has 0 radical (unpaired) electrons. The van der Waals surface area contributed by atoms with E-state index >= 15 is 0 Å². The van der Waals surface area contributed by atoms with E-state index in [1.807, 2.05) is 6.07 Å². The van der Waals surface area contributed by atoms with Gasteiger partial charge in [-0.05, 0) is 24.8 Å². The molecule has 0 aliphatic carbocycles. The van der Waals surface area contributed by atoms with Crippen LogP contribution in [0.25, 0.3) is 0 Å². The number of nitrogens with zero attached hydrogens (tertiary/aromatic N) is 2. The summed E-state index contributed by atoms with van der Waals surface area (Å²) < 4.78 is 5.36. The fourth-order valence-corrected chi connectivity index (χ4v) is 2.33. The first-order valence-corrected chi connectivity index (χ1v) is 6.14. The summed E-state index contributed by atoms with van der Waals surface area (Å²) in [5.41, 5.74) is 1.97. The standard InChI is InChI=1S/C13H20N2O2/c1-15(9-11-3-6-17-7-4-11)13-2-5-14-8-12(13)10-16/h2,5,8,11,16H,3-4,6-7,9-10H2,1H3. The van der Waals surface area contributed by atoms with Crippen LogP contribution in [0.3, 0.4) is 0 Å². The predicted octanol–water partition coefficient (Wildman–Crippen LogP) is 1.44. The Hall–Kier alpha value is -1.13. The number of aliphatic hydroxyl groups is 1. The van der Waals surface area contributed by atoms with Crippen molar-refractivity contribution in [3.8, 4) is 0 Å². The lowest BCUT2D eigenvalue weighted by Gasteiger charge is -2.29. The number of ether oxygens (including phenoxy) is 1. The van der Waals surface area contributed by atoms with Crippen molar-refractivity contribution >= 4 is 5.69 Å².